The van der Waals surface area contributed by atoms with E-state index in [1.807, 2.05) is 24.0 Å². The van der Waals surface area contributed by atoms with Crippen molar-refractivity contribution in [3.05, 3.63) is 53.9 Å². The van der Waals surface area contributed by atoms with Crippen LogP contribution in [0.25, 0.3) is 0 Å². The van der Waals surface area contributed by atoms with E-state index in [9.17, 15) is 0 Å². The summed E-state index contributed by atoms with van der Waals surface area (Å²) in [5, 5.41) is 11.0. The Hall–Kier alpha value is -1.65. The van der Waals surface area contributed by atoms with E-state index in [1.165, 1.54) is 5.56 Å². The molecule has 0 amide bonds. The van der Waals surface area contributed by atoms with Crippen molar-refractivity contribution in [2.45, 2.75) is 26.4 Å². The maximum atomic E-state index is 4.66. The number of aryl methyl sites for hydroxylation is 1. The number of benzene rings is 1. The van der Waals surface area contributed by atoms with Crippen LogP contribution in [0.4, 0.5) is 0 Å². The zero-order valence-corrected chi connectivity index (χ0v) is 20.6. The molecule has 0 spiro atoms. The summed E-state index contributed by atoms with van der Waals surface area (Å²) in [4.78, 5) is 9.79. The van der Waals surface area contributed by atoms with E-state index in [2.05, 4.69) is 67.8 Å². The fourth-order valence-electron chi connectivity index (χ4n) is 3.58. The Morgan fingerprint density at radius 3 is 2.43 bits per heavy atom. The van der Waals surface area contributed by atoms with E-state index >= 15 is 0 Å². The highest BCUT2D eigenvalue weighted by Crippen LogP contribution is 2.08. The molecule has 30 heavy (non-hydrogen) atoms. The summed E-state index contributed by atoms with van der Waals surface area (Å²) in [7, 11) is 1.95. The molecule has 2 N–H and O–H groups in total. The number of nitrogens with one attached hydrogen (secondary N) is 2. The van der Waals surface area contributed by atoms with Crippen LogP contribution in [0.3, 0.4) is 0 Å². The molecular weight excluding hydrogens is 489 g/mol. The molecule has 0 bridgehead atoms. The molecule has 2 aromatic rings. The van der Waals surface area contributed by atoms with Gasteiger partial charge >= 0.3 is 0 Å². The lowest BCUT2D eigenvalue weighted by molar-refractivity contribution is 0.126. The van der Waals surface area contributed by atoms with Gasteiger partial charge in [0.15, 0.2) is 5.96 Å². The lowest BCUT2D eigenvalue weighted by Gasteiger charge is -2.34. The van der Waals surface area contributed by atoms with Crippen molar-refractivity contribution in [3.8, 4) is 0 Å². The smallest absolute Gasteiger partial charge is 0.191 e. The van der Waals surface area contributed by atoms with Gasteiger partial charge in [-0.1, -0.05) is 30.3 Å². The van der Waals surface area contributed by atoms with E-state index in [1.54, 1.807) is 0 Å². The summed E-state index contributed by atoms with van der Waals surface area (Å²) in [5.74, 6) is 0.876. The third-order valence-electron chi connectivity index (χ3n) is 5.32. The van der Waals surface area contributed by atoms with Crippen LogP contribution in [0, 0.1) is 0 Å². The molecule has 1 fully saturated rings. The molecule has 1 aromatic heterocycles. The number of aliphatic imine (C=N–C) groups is 1. The van der Waals surface area contributed by atoms with Crippen molar-refractivity contribution in [2.24, 2.45) is 12.0 Å². The maximum Gasteiger partial charge on any atom is 0.191 e. The second-order valence-electron chi connectivity index (χ2n) is 7.53. The normalized spacial score (nSPS) is 15.6. The van der Waals surface area contributed by atoms with Gasteiger partial charge in [0, 0.05) is 59.1 Å². The Labute approximate surface area is 197 Å². The number of hydrogen-bond donors (Lipinski definition) is 2. The summed E-state index contributed by atoms with van der Waals surface area (Å²) in [5.41, 5.74) is 2.52. The van der Waals surface area contributed by atoms with Crippen LogP contribution < -0.4 is 10.6 Å². The van der Waals surface area contributed by atoms with Crippen molar-refractivity contribution in [1.29, 1.82) is 0 Å². The van der Waals surface area contributed by atoms with Gasteiger partial charge in [-0.15, -0.1) is 24.0 Å². The van der Waals surface area contributed by atoms with Crippen LogP contribution in [-0.2, 0) is 20.1 Å². The lowest BCUT2D eigenvalue weighted by atomic mass is 10.2. The lowest BCUT2D eigenvalue weighted by Crippen LogP contribution is -2.46. The first-order chi connectivity index (χ1) is 14.2. The average molecular weight is 525 g/mol. The molecule has 1 saturated heterocycles. The molecule has 2 heterocycles. The van der Waals surface area contributed by atoms with Gasteiger partial charge in [-0.25, -0.2) is 4.99 Å². The van der Waals surface area contributed by atoms with Gasteiger partial charge in [-0.2, -0.15) is 5.10 Å². The second-order valence-corrected chi connectivity index (χ2v) is 7.53. The third kappa shape index (κ3) is 8.23. The Kier molecular flexibility index (Phi) is 11.2. The van der Waals surface area contributed by atoms with Crippen LogP contribution in [-0.4, -0.2) is 71.4 Å². The molecule has 7 nitrogen and oxygen atoms in total. The summed E-state index contributed by atoms with van der Waals surface area (Å²) >= 11 is 0. The summed E-state index contributed by atoms with van der Waals surface area (Å²) in [6.07, 6.45) is 2.93. The first-order valence-corrected chi connectivity index (χ1v) is 10.7. The molecule has 0 aliphatic carbocycles. The van der Waals surface area contributed by atoms with Crippen LogP contribution in [0.15, 0.2) is 47.6 Å². The Bertz CT molecular complexity index is 739. The molecule has 0 saturated carbocycles. The summed E-state index contributed by atoms with van der Waals surface area (Å²) < 4.78 is 1.87. The number of piperazine rings is 1. The minimum absolute atomic E-state index is 0. The highest BCUT2D eigenvalue weighted by atomic mass is 127. The third-order valence-corrected chi connectivity index (χ3v) is 5.32. The topological polar surface area (TPSA) is 60.7 Å². The van der Waals surface area contributed by atoms with Crippen LogP contribution in [0.1, 0.15) is 24.6 Å². The van der Waals surface area contributed by atoms with Crippen molar-refractivity contribution >= 4 is 29.9 Å². The molecule has 0 atom stereocenters. The number of nitrogens with zero attached hydrogens (tertiary/aromatic N) is 5. The van der Waals surface area contributed by atoms with E-state index in [-0.39, 0.29) is 24.0 Å². The number of hydrogen-bond acceptors (Lipinski definition) is 4. The van der Waals surface area contributed by atoms with Crippen molar-refractivity contribution < 1.29 is 0 Å². The van der Waals surface area contributed by atoms with Crippen LogP contribution in [0.5, 0.6) is 0 Å². The number of halogens is 1. The Balaban J connectivity index is 0.00000320. The standard InChI is InChI=1S/C22H35N7.HI/c1-3-23-22(25-18-21-10-12-26-27(21)2)24-11-7-13-28-14-16-29(17-15-28)19-20-8-5-4-6-9-20;/h4-6,8-10,12H,3,7,11,13-19H2,1-2H3,(H2,23,24,25);1H. The number of guanidine groups is 1. The molecule has 0 unspecified atom stereocenters. The number of rotatable bonds is 9. The quantitative estimate of drug-likeness (QED) is 0.228. The second kappa shape index (κ2) is 13.6. The fourth-order valence-corrected chi connectivity index (χ4v) is 3.58. The minimum atomic E-state index is 0. The summed E-state index contributed by atoms with van der Waals surface area (Å²) in [6.45, 7) is 11.3. The van der Waals surface area contributed by atoms with Gasteiger partial charge in [0.2, 0.25) is 0 Å². The van der Waals surface area contributed by atoms with Gasteiger partial charge < -0.3 is 15.5 Å². The van der Waals surface area contributed by atoms with Gasteiger partial charge in [-0.3, -0.25) is 9.58 Å². The highest BCUT2D eigenvalue weighted by Gasteiger charge is 2.16. The van der Waals surface area contributed by atoms with Gasteiger partial charge in [0.05, 0.1) is 12.2 Å². The molecule has 3 rings (SSSR count). The summed E-state index contributed by atoms with van der Waals surface area (Å²) in [6, 6.07) is 12.8. The first-order valence-electron chi connectivity index (χ1n) is 10.7. The van der Waals surface area contributed by atoms with Gasteiger partial charge in [-0.05, 0) is 31.5 Å². The Morgan fingerprint density at radius 2 is 1.77 bits per heavy atom. The number of aromatic nitrogens is 2. The average Bonchev–Trinajstić information content (AvgIpc) is 3.16. The van der Waals surface area contributed by atoms with E-state index in [0.717, 1.165) is 70.4 Å². The predicted octanol–water partition coefficient (Wildman–Crippen LogP) is 2.30. The first kappa shape index (κ1) is 24.6. The largest absolute Gasteiger partial charge is 0.357 e. The molecule has 1 aliphatic heterocycles. The van der Waals surface area contributed by atoms with Crippen molar-refractivity contribution in [2.75, 3.05) is 45.8 Å². The zero-order valence-electron chi connectivity index (χ0n) is 18.3. The maximum absolute atomic E-state index is 4.66. The van der Waals surface area contributed by atoms with Gasteiger partial charge in [0.25, 0.3) is 0 Å². The monoisotopic (exact) mass is 525 g/mol. The van der Waals surface area contributed by atoms with Crippen molar-refractivity contribution in [1.82, 2.24) is 30.2 Å². The SMILES string of the molecule is CCNC(=NCc1ccnn1C)NCCCN1CCN(Cc2ccccc2)CC1.I. The molecular formula is C22H36IN7. The molecule has 166 valence electrons. The van der Waals surface area contributed by atoms with Crippen molar-refractivity contribution in [3.63, 3.8) is 0 Å². The Morgan fingerprint density at radius 1 is 1.03 bits per heavy atom. The molecule has 8 heteroatoms. The highest BCUT2D eigenvalue weighted by molar-refractivity contribution is 14.0. The predicted molar refractivity (Wildman–Crippen MR) is 134 cm³/mol. The molecule has 1 aliphatic rings. The minimum Gasteiger partial charge on any atom is -0.357 e. The fraction of sp³-hybridized carbons (Fsp3) is 0.545. The van der Waals surface area contributed by atoms with Crippen LogP contribution >= 0.6 is 24.0 Å². The van der Waals surface area contributed by atoms with Crippen LogP contribution in [0.2, 0.25) is 0 Å². The van der Waals surface area contributed by atoms with E-state index < -0.39 is 0 Å². The molecule has 1 aromatic carbocycles. The zero-order chi connectivity index (χ0) is 20.3. The van der Waals surface area contributed by atoms with Gasteiger partial charge in [0.1, 0.15) is 0 Å². The molecule has 0 radical (unpaired) electrons. The van der Waals surface area contributed by atoms with E-state index in [4.69, 9.17) is 0 Å². The van der Waals surface area contributed by atoms with E-state index in [0.29, 0.717) is 6.54 Å².